The third-order valence-corrected chi connectivity index (χ3v) is 5.12. The van der Waals surface area contributed by atoms with E-state index in [0.717, 1.165) is 10.7 Å². The van der Waals surface area contributed by atoms with E-state index in [2.05, 4.69) is 5.32 Å². The Morgan fingerprint density at radius 2 is 1.71 bits per heavy atom. The van der Waals surface area contributed by atoms with Gasteiger partial charge in [-0.05, 0) is 37.6 Å². The van der Waals surface area contributed by atoms with Crippen LogP contribution in [-0.4, -0.2) is 45.8 Å². The Morgan fingerprint density at radius 3 is 2.14 bits per heavy atom. The second-order valence-corrected chi connectivity index (χ2v) is 7.26. The molecule has 0 saturated carbocycles. The first kappa shape index (κ1) is 17.5. The van der Waals surface area contributed by atoms with Gasteiger partial charge < -0.3 is 5.32 Å². The Labute approximate surface area is 126 Å². The van der Waals surface area contributed by atoms with Crippen LogP contribution in [0, 0.1) is 0 Å². The molecule has 1 amide bonds. The molecule has 0 aliphatic heterocycles. The monoisotopic (exact) mass is 313 g/mol. The molecule has 21 heavy (non-hydrogen) atoms. The smallest absolute Gasteiger partial charge is 0.303 e. The largest absolute Gasteiger partial charge is 0.350 e. The van der Waals surface area contributed by atoms with Crippen LogP contribution in [0.15, 0.2) is 24.3 Å². The lowest BCUT2D eigenvalue weighted by atomic mass is 10.1. The molecule has 7 heteroatoms. The third kappa shape index (κ3) is 4.18. The summed E-state index contributed by atoms with van der Waals surface area (Å²) in [5, 5.41) is 2.86. The van der Waals surface area contributed by atoms with Crippen LogP contribution >= 0.6 is 0 Å². The van der Waals surface area contributed by atoms with Gasteiger partial charge in [-0.25, -0.2) is 0 Å². The topological polar surface area (TPSA) is 69.7 Å². The van der Waals surface area contributed by atoms with Crippen LogP contribution in [0.4, 0.5) is 5.69 Å². The molecule has 0 fully saturated rings. The maximum Gasteiger partial charge on any atom is 0.303 e. The molecule has 0 aliphatic carbocycles. The molecule has 118 valence electrons. The van der Waals surface area contributed by atoms with Gasteiger partial charge in [0.2, 0.25) is 0 Å². The molecule has 6 nitrogen and oxygen atoms in total. The van der Waals surface area contributed by atoms with Crippen molar-refractivity contribution in [3.8, 4) is 0 Å². The van der Waals surface area contributed by atoms with Gasteiger partial charge in [-0.3, -0.25) is 9.10 Å². The minimum atomic E-state index is -3.52. The standard InChI is InChI=1S/C14H23N3O3S/c1-6-11(2)15-14(18)12-7-9-13(10-8-12)17(5)21(19,20)16(3)4/h7-11H,6H2,1-5H3,(H,15,18)/t11-/m1/s1. The lowest BCUT2D eigenvalue weighted by molar-refractivity contribution is 0.0939. The summed E-state index contributed by atoms with van der Waals surface area (Å²) in [4.78, 5) is 11.9. The first-order valence-corrected chi connectivity index (χ1v) is 8.17. The van der Waals surface area contributed by atoms with E-state index in [1.54, 1.807) is 24.3 Å². The molecule has 0 aliphatic rings. The Kier molecular flexibility index (Phi) is 5.74. The summed E-state index contributed by atoms with van der Waals surface area (Å²) >= 11 is 0. The zero-order valence-corrected chi connectivity index (χ0v) is 13.9. The third-order valence-electron chi connectivity index (χ3n) is 3.29. The van der Waals surface area contributed by atoms with Gasteiger partial charge in [0.25, 0.3) is 5.91 Å². The number of nitrogens with one attached hydrogen (secondary N) is 1. The van der Waals surface area contributed by atoms with Crippen molar-refractivity contribution in [1.82, 2.24) is 9.62 Å². The fraction of sp³-hybridized carbons (Fsp3) is 0.500. The number of rotatable bonds is 6. The minimum absolute atomic E-state index is 0.106. The number of carbonyl (C=O) groups is 1. The average molecular weight is 313 g/mol. The number of amides is 1. The number of anilines is 1. The van der Waals surface area contributed by atoms with Crippen molar-refractivity contribution < 1.29 is 13.2 Å². The van der Waals surface area contributed by atoms with E-state index in [9.17, 15) is 13.2 Å². The van der Waals surface area contributed by atoms with Gasteiger partial charge in [-0.15, -0.1) is 0 Å². The summed E-state index contributed by atoms with van der Waals surface area (Å²) in [7, 11) is 0.900. The second-order valence-electron chi connectivity index (χ2n) is 5.09. The van der Waals surface area contributed by atoms with Crippen molar-refractivity contribution in [2.45, 2.75) is 26.3 Å². The van der Waals surface area contributed by atoms with Crippen LogP contribution in [0.5, 0.6) is 0 Å². The zero-order valence-electron chi connectivity index (χ0n) is 13.1. The highest BCUT2D eigenvalue weighted by Crippen LogP contribution is 2.18. The van der Waals surface area contributed by atoms with Crippen LogP contribution < -0.4 is 9.62 Å². The van der Waals surface area contributed by atoms with Crippen molar-refractivity contribution in [2.75, 3.05) is 25.4 Å². The first-order chi connectivity index (χ1) is 9.70. The molecular weight excluding hydrogens is 290 g/mol. The van der Waals surface area contributed by atoms with E-state index in [1.165, 1.54) is 25.4 Å². The lowest BCUT2D eigenvalue weighted by Gasteiger charge is -2.23. The predicted octanol–water partition coefficient (Wildman–Crippen LogP) is 1.46. The molecule has 1 rings (SSSR count). The quantitative estimate of drug-likeness (QED) is 0.864. The van der Waals surface area contributed by atoms with Gasteiger partial charge in [0.1, 0.15) is 0 Å². The summed E-state index contributed by atoms with van der Waals surface area (Å²) in [5.41, 5.74) is 1.01. The number of carbonyl (C=O) groups excluding carboxylic acids is 1. The van der Waals surface area contributed by atoms with Crippen LogP contribution in [0.1, 0.15) is 30.6 Å². The summed E-state index contributed by atoms with van der Waals surface area (Å²) < 4.78 is 26.3. The fourth-order valence-electron chi connectivity index (χ4n) is 1.61. The van der Waals surface area contributed by atoms with Gasteiger partial charge in [0.05, 0.1) is 5.69 Å². The molecule has 1 N–H and O–H groups in total. The van der Waals surface area contributed by atoms with E-state index in [-0.39, 0.29) is 11.9 Å². The average Bonchev–Trinajstić information content (AvgIpc) is 2.46. The number of hydrogen-bond acceptors (Lipinski definition) is 3. The highest BCUT2D eigenvalue weighted by atomic mass is 32.2. The second kappa shape index (κ2) is 6.91. The van der Waals surface area contributed by atoms with Gasteiger partial charge in [-0.1, -0.05) is 6.92 Å². The van der Waals surface area contributed by atoms with Crippen LogP contribution in [0.3, 0.4) is 0 Å². The van der Waals surface area contributed by atoms with Crippen LogP contribution in [-0.2, 0) is 10.2 Å². The van der Waals surface area contributed by atoms with Crippen molar-refractivity contribution >= 4 is 21.8 Å². The van der Waals surface area contributed by atoms with Crippen molar-refractivity contribution in [3.05, 3.63) is 29.8 Å². The molecule has 0 radical (unpaired) electrons. The molecule has 0 bridgehead atoms. The fourth-order valence-corrected chi connectivity index (χ4v) is 2.49. The highest BCUT2D eigenvalue weighted by molar-refractivity contribution is 7.90. The van der Waals surface area contributed by atoms with E-state index >= 15 is 0 Å². The normalized spacial score (nSPS) is 13.0. The summed E-state index contributed by atoms with van der Waals surface area (Å²) in [6.45, 7) is 3.93. The molecular formula is C14H23N3O3S. The molecule has 0 heterocycles. The van der Waals surface area contributed by atoms with E-state index in [1.807, 2.05) is 13.8 Å². The van der Waals surface area contributed by atoms with E-state index < -0.39 is 10.2 Å². The van der Waals surface area contributed by atoms with Crippen molar-refractivity contribution in [2.24, 2.45) is 0 Å². The maximum atomic E-state index is 12.0. The summed E-state index contributed by atoms with van der Waals surface area (Å²) in [6, 6.07) is 6.58. The molecule has 1 aromatic rings. The van der Waals surface area contributed by atoms with Crippen LogP contribution in [0.2, 0.25) is 0 Å². The van der Waals surface area contributed by atoms with E-state index in [0.29, 0.717) is 11.3 Å². The molecule has 1 atom stereocenters. The molecule has 1 aromatic carbocycles. The number of benzene rings is 1. The highest BCUT2D eigenvalue weighted by Gasteiger charge is 2.21. The molecule has 0 spiro atoms. The number of hydrogen-bond donors (Lipinski definition) is 1. The predicted molar refractivity (Wildman–Crippen MR) is 84.7 cm³/mol. The minimum Gasteiger partial charge on any atom is -0.350 e. The Morgan fingerprint density at radius 1 is 1.19 bits per heavy atom. The van der Waals surface area contributed by atoms with Gasteiger partial charge >= 0.3 is 10.2 Å². The SMILES string of the molecule is CC[C@@H](C)NC(=O)c1ccc(N(C)S(=O)(=O)N(C)C)cc1. The first-order valence-electron chi connectivity index (χ1n) is 6.77. The lowest BCUT2D eigenvalue weighted by Crippen LogP contribution is -2.37. The van der Waals surface area contributed by atoms with Gasteiger partial charge in [0.15, 0.2) is 0 Å². The summed E-state index contributed by atoms with van der Waals surface area (Å²) in [6.07, 6.45) is 0.855. The molecule has 0 aromatic heterocycles. The Hall–Kier alpha value is -1.60. The zero-order chi connectivity index (χ0) is 16.2. The molecule has 0 saturated heterocycles. The van der Waals surface area contributed by atoms with Gasteiger partial charge in [-0.2, -0.15) is 12.7 Å². The molecule has 0 unspecified atom stereocenters. The summed E-state index contributed by atoms with van der Waals surface area (Å²) in [5.74, 6) is -0.158. The Bertz CT molecular complexity index is 582. The maximum absolute atomic E-state index is 12.0. The van der Waals surface area contributed by atoms with E-state index in [4.69, 9.17) is 0 Å². The van der Waals surface area contributed by atoms with Gasteiger partial charge in [0, 0.05) is 32.7 Å². The van der Waals surface area contributed by atoms with Crippen LogP contribution in [0.25, 0.3) is 0 Å². The van der Waals surface area contributed by atoms with Crippen molar-refractivity contribution in [1.29, 1.82) is 0 Å². The Balaban J connectivity index is 2.91. The van der Waals surface area contributed by atoms with Crippen molar-refractivity contribution in [3.63, 3.8) is 0 Å². The number of nitrogens with zero attached hydrogens (tertiary/aromatic N) is 2.